The molecule has 21 heavy (non-hydrogen) atoms. The van der Waals surface area contributed by atoms with Crippen LogP contribution in [0.4, 0.5) is 30.5 Å². The van der Waals surface area contributed by atoms with Crippen molar-refractivity contribution in [3.8, 4) is 0 Å². The maximum atomic E-state index is 13.6. The van der Waals surface area contributed by atoms with Crippen molar-refractivity contribution in [2.24, 2.45) is 0 Å². The third-order valence-corrected chi connectivity index (χ3v) is 2.56. The van der Waals surface area contributed by atoms with E-state index in [1.807, 2.05) is 0 Å². The molecule has 0 radical (unpaired) electrons. The fourth-order valence-electron chi connectivity index (χ4n) is 1.67. The Hall–Kier alpha value is -2.35. The number of aromatic nitrogens is 2. The van der Waals surface area contributed by atoms with Crippen molar-refractivity contribution in [1.29, 1.82) is 0 Å². The number of hydrogen-bond acceptors (Lipinski definition) is 5. The van der Waals surface area contributed by atoms with E-state index in [9.17, 15) is 13.2 Å². The summed E-state index contributed by atoms with van der Waals surface area (Å²) in [5, 5.41) is 5.33. The Morgan fingerprint density at radius 3 is 2.48 bits per heavy atom. The molecule has 2 aromatic rings. The quantitative estimate of drug-likeness (QED) is 0.831. The van der Waals surface area contributed by atoms with Gasteiger partial charge in [-0.25, -0.2) is 23.1 Å². The Kier molecular flexibility index (Phi) is 4.59. The van der Waals surface area contributed by atoms with Crippen LogP contribution in [-0.2, 0) is 11.3 Å². The molecule has 0 aliphatic heterocycles. The normalized spacial score (nSPS) is 10.5. The van der Waals surface area contributed by atoms with E-state index in [1.165, 1.54) is 13.2 Å². The number of halogens is 3. The second kappa shape index (κ2) is 6.40. The number of nitrogens with one attached hydrogen (secondary N) is 2. The number of ether oxygens (including phenoxy) is 1. The summed E-state index contributed by atoms with van der Waals surface area (Å²) in [6, 6.07) is 2.78. The highest BCUT2D eigenvalue weighted by Gasteiger charge is 2.12. The Bertz CT molecular complexity index is 652. The molecule has 0 amide bonds. The van der Waals surface area contributed by atoms with Crippen molar-refractivity contribution < 1.29 is 17.9 Å². The van der Waals surface area contributed by atoms with E-state index in [0.717, 1.165) is 6.07 Å². The van der Waals surface area contributed by atoms with Gasteiger partial charge in [0.05, 0.1) is 5.69 Å². The molecule has 0 saturated carbocycles. The number of rotatable bonds is 5. The molecule has 1 aromatic carbocycles. The zero-order chi connectivity index (χ0) is 15.4. The summed E-state index contributed by atoms with van der Waals surface area (Å²) in [5.74, 6) is -2.38. The molecular weight excluding hydrogens is 285 g/mol. The van der Waals surface area contributed by atoms with E-state index in [-0.39, 0.29) is 18.1 Å². The lowest BCUT2D eigenvalue weighted by Gasteiger charge is -2.10. The fraction of sp³-hybridized carbons (Fsp3) is 0.231. The van der Waals surface area contributed by atoms with Gasteiger partial charge in [-0.2, -0.15) is 0 Å². The molecule has 2 N–H and O–H groups in total. The molecule has 5 nitrogen and oxygen atoms in total. The van der Waals surface area contributed by atoms with E-state index < -0.39 is 17.5 Å². The highest BCUT2D eigenvalue weighted by atomic mass is 19.2. The monoisotopic (exact) mass is 298 g/mol. The van der Waals surface area contributed by atoms with Crippen LogP contribution in [0.2, 0.25) is 0 Å². The molecule has 1 aromatic heterocycles. The molecule has 0 atom stereocenters. The predicted octanol–water partition coefficient (Wildman–Crippen LogP) is 2.83. The van der Waals surface area contributed by atoms with Crippen LogP contribution < -0.4 is 10.6 Å². The Balaban J connectivity index is 2.37. The minimum Gasteiger partial charge on any atom is -0.377 e. The van der Waals surface area contributed by atoms with Gasteiger partial charge in [0.2, 0.25) is 0 Å². The Morgan fingerprint density at radius 1 is 1.10 bits per heavy atom. The van der Waals surface area contributed by atoms with Crippen LogP contribution in [0.3, 0.4) is 0 Å². The zero-order valence-electron chi connectivity index (χ0n) is 11.4. The second-order valence-electron chi connectivity index (χ2n) is 4.11. The first-order valence-electron chi connectivity index (χ1n) is 5.99. The van der Waals surface area contributed by atoms with E-state index in [1.54, 1.807) is 7.05 Å². The summed E-state index contributed by atoms with van der Waals surface area (Å²) in [4.78, 5) is 8.18. The van der Waals surface area contributed by atoms with E-state index in [0.29, 0.717) is 17.7 Å². The molecular formula is C13H13F3N4O. The first-order chi connectivity index (χ1) is 10.0. The molecule has 0 spiro atoms. The number of nitrogens with zero attached hydrogens (tertiary/aromatic N) is 2. The minimum absolute atomic E-state index is 0.143. The van der Waals surface area contributed by atoms with Crippen molar-refractivity contribution in [2.45, 2.75) is 6.61 Å². The number of hydrogen-bond donors (Lipinski definition) is 2. The summed E-state index contributed by atoms with van der Waals surface area (Å²) in [6.45, 7) is 0.143. The van der Waals surface area contributed by atoms with Crippen LogP contribution >= 0.6 is 0 Å². The van der Waals surface area contributed by atoms with E-state index in [2.05, 4.69) is 20.6 Å². The predicted molar refractivity (Wildman–Crippen MR) is 71.9 cm³/mol. The van der Waals surface area contributed by atoms with Gasteiger partial charge >= 0.3 is 0 Å². The number of benzene rings is 1. The number of methoxy groups -OCH3 is 1. The average molecular weight is 298 g/mol. The summed E-state index contributed by atoms with van der Waals surface area (Å²) in [5.41, 5.74) is -0.350. The molecule has 0 unspecified atom stereocenters. The lowest BCUT2D eigenvalue weighted by Crippen LogP contribution is -2.06. The molecule has 2 rings (SSSR count). The zero-order valence-corrected chi connectivity index (χ0v) is 11.4. The first-order valence-corrected chi connectivity index (χ1v) is 5.99. The van der Waals surface area contributed by atoms with Gasteiger partial charge in [-0.15, -0.1) is 0 Å². The van der Waals surface area contributed by atoms with Gasteiger partial charge in [0.1, 0.15) is 24.1 Å². The van der Waals surface area contributed by atoms with Crippen molar-refractivity contribution in [3.63, 3.8) is 0 Å². The van der Waals surface area contributed by atoms with Gasteiger partial charge in [0.15, 0.2) is 17.5 Å². The smallest absolute Gasteiger partial charge is 0.182 e. The highest BCUT2D eigenvalue weighted by Crippen LogP contribution is 2.23. The van der Waals surface area contributed by atoms with Crippen LogP contribution in [0.15, 0.2) is 18.2 Å². The Labute approximate surface area is 119 Å². The summed E-state index contributed by atoms with van der Waals surface area (Å²) in [7, 11) is 3.12. The van der Waals surface area contributed by atoms with Crippen molar-refractivity contribution >= 4 is 17.3 Å². The van der Waals surface area contributed by atoms with Crippen molar-refractivity contribution in [3.05, 3.63) is 41.5 Å². The van der Waals surface area contributed by atoms with Crippen LogP contribution in [0, 0.1) is 17.5 Å². The molecule has 0 fully saturated rings. The largest absolute Gasteiger partial charge is 0.377 e. The molecule has 0 bridgehead atoms. The SMILES string of the molecule is CNc1cc(Nc2cc(F)cc(F)c2F)nc(COC)n1. The van der Waals surface area contributed by atoms with Crippen LogP contribution in [-0.4, -0.2) is 24.1 Å². The van der Waals surface area contributed by atoms with Crippen molar-refractivity contribution in [1.82, 2.24) is 9.97 Å². The average Bonchev–Trinajstić information content (AvgIpc) is 2.44. The first kappa shape index (κ1) is 15.0. The van der Waals surface area contributed by atoms with Gasteiger partial charge in [-0.3, -0.25) is 0 Å². The van der Waals surface area contributed by atoms with Gasteiger partial charge in [0, 0.05) is 32.4 Å². The lowest BCUT2D eigenvalue weighted by molar-refractivity contribution is 0.178. The van der Waals surface area contributed by atoms with E-state index >= 15 is 0 Å². The maximum Gasteiger partial charge on any atom is 0.182 e. The molecule has 8 heteroatoms. The third-order valence-electron chi connectivity index (χ3n) is 2.56. The summed E-state index contributed by atoms with van der Waals surface area (Å²) < 4.78 is 44.8. The highest BCUT2D eigenvalue weighted by molar-refractivity contribution is 5.60. The molecule has 112 valence electrons. The maximum absolute atomic E-state index is 13.6. The molecule has 0 aliphatic carbocycles. The van der Waals surface area contributed by atoms with Crippen LogP contribution in [0.1, 0.15) is 5.82 Å². The minimum atomic E-state index is -1.28. The van der Waals surface area contributed by atoms with Gasteiger partial charge in [-0.05, 0) is 0 Å². The third kappa shape index (κ3) is 3.60. The van der Waals surface area contributed by atoms with E-state index in [4.69, 9.17) is 4.74 Å². The Morgan fingerprint density at radius 2 is 1.81 bits per heavy atom. The molecule has 1 heterocycles. The standard InChI is InChI=1S/C13H13F3N4O/c1-17-10-5-11(20-12(19-10)6-21-2)18-9-4-7(14)3-8(15)13(9)16/h3-5H,6H2,1-2H3,(H2,17,18,19,20). The number of anilines is 3. The van der Waals surface area contributed by atoms with Gasteiger partial charge in [-0.1, -0.05) is 0 Å². The fourth-order valence-corrected chi connectivity index (χ4v) is 1.67. The van der Waals surface area contributed by atoms with Crippen LogP contribution in [0.25, 0.3) is 0 Å². The van der Waals surface area contributed by atoms with Crippen LogP contribution in [0.5, 0.6) is 0 Å². The van der Waals surface area contributed by atoms with Gasteiger partial charge < -0.3 is 15.4 Å². The lowest BCUT2D eigenvalue weighted by atomic mass is 10.2. The molecule has 0 saturated heterocycles. The van der Waals surface area contributed by atoms with Gasteiger partial charge in [0.25, 0.3) is 0 Å². The topological polar surface area (TPSA) is 59.1 Å². The second-order valence-corrected chi connectivity index (χ2v) is 4.11. The van der Waals surface area contributed by atoms with Crippen molar-refractivity contribution in [2.75, 3.05) is 24.8 Å². The summed E-state index contributed by atoms with van der Waals surface area (Å²) in [6.07, 6.45) is 0. The molecule has 0 aliphatic rings. The summed E-state index contributed by atoms with van der Waals surface area (Å²) >= 11 is 0.